The Morgan fingerprint density at radius 3 is 2.69 bits per heavy atom. The number of hydrogen-bond acceptors (Lipinski definition) is 1. The van der Waals surface area contributed by atoms with Gasteiger partial charge in [-0.2, -0.15) is 0 Å². The summed E-state index contributed by atoms with van der Waals surface area (Å²) >= 11 is 0. The molecule has 1 aromatic rings. The van der Waals surface area contributed by atoms with E-state index >= 15 is 0 Å². The number of rotatable bonds is 4. The zero-order valence-corrected chi connectivity index (χ0v) is 9.26. The third kappa shape index (κ3) is 2.79. The largest absolute Gasteiger partial charge is 0.327 e. The molecule has 1 aromatic carbocycles. The topological polar surface area (TPSA) is 26.0 Å². The third-order valence-electron chi connectivity index (χ3n) is 3.35. The maximum absolute atomic E-state index is 13.3. The van der Waals surface area contributed by atoms with Crippen molar-refractivity contribution in [2.45, 2.75) is 38.1 Å². The van der Waals surface area contributed by atoms with E-state index in [-0.39, 0.29) is 11.9 Å². The molecule has 1 fully saturated rings. The molecule has 0 spiro atoms. The van der Waals surface area contributed by atoms with Crippen LogP contribution in [0, 0.1) is 17.6 Å². The molecule has 0 aromatic heterocycles. The summed E-state index contributed by atoms with van der Waals surface area (Å²) in [5.74, 6) is -0.0516. The van der Waals surface area contributed by atoms with Crippen LogP contribution in [0.15, 0.2) is 18.2 Å². The highest BCUT2D eigenvalue weighted by Gasteiger charge is 2.20. The van der Waals surface area contributed by atoms with Gasteiger partial charge in [0.05, 0.1) is 0 Å². The van der Waals surface area contributed by atoms with Crippen molar-refractivity contribution in [1.29, 1.82) is 0 Å². The lowest BCUT2D eigenvalue weighted by Crippen LogP contribution is -2.29. The summed E-state index contributed by atoms with van der Waals surface area (Å²) in [4.78, 5) is 0. The molecule has 1 aliphatic carbocycles. The first-order valence-corrected chi connectivity index (χ1v) is 5.84. The fourth-order valence-corrected chi connectivity index (χ4v) is 2.22. The van der Waals surface area contributed by atoms with Crippen LogP contribution in [0.1, 0.15) is 31.2 Å². The average Bonchev–Trinajstić information content (AvgIpc) is 2.18. The molecule has 0 radical (unpaired) electrons. The van der Waals surface area contributed by atoms with Crippen LogP contribution in [-0.2, 0) is 6.42 Å². The highest BCUT2D eigenvalue weighted by Crippen LogP contribution is 2.30. The molecule has 1 nitrogen and oxygen atoms in total. The first-order chi connectivity index (χ1) is 7.65. The molecule has 0 bridgehead atoms. The van der Waals surface area contributed by atoms with E-state index in [2.05, 4.69) is 0 Å². The van der Waals surface area contributed by atoms with Crippen LogP contribution in [-0.4, -0.2) is 6.04 Å². The molecule has 3 heteroatoms. The van der Waals surface area contributed by atoms with E-state index < -0.39 is 5.82 Å². The quantitative estimate of drug-likeness (QED) is 0.837. The minimum Gasteiger partial charge on any atom is -0.327 e. The van der Waals surface area contributed by atoms with E-state index in [9.17, 15) is 8.78 Å². The van der Waals surface area contributed by atoms with Crippen molar-refractivity contribution in [3.8, 4) is 0 Å². The van der Waals surface area contributed by atoms with Gasteiger partial charge in [-0.05, 0) is 42.5 Å². The Labute approximate surface area is 94.7 Å². The van der Waals surface area contributed by atoms with Crippen LogP contribution in [0.5, 0.6) is 0 Å². The first-order valence-electron chi connectivity index (χ1n) is 5.84. The maximum atomic E-state index is 13.3. The van der Waals surface area contributed by atoms with Crippen molar-refractivity contribution in [2.24, 2.45) is 11.7 Å². The van der Waals surface area contributed by atoms with Crippen molar-refractivity contribution in [1.82, 2.24) is 0 Å². The fourth-order valence-electron chi connectivity index (χ4n) is 2.22. The second-order valence-corrected chi connectivity index (χ2v) is 4.73. The summed E-state index contributed by atoms with van der Waals surface area (Å²) < 4.78 is 26.3. The molecule has 0 aliphatic heterocycles. The third-order valence-corrected chi connectivity index (χ3v) is 3.35. The minimum atomic E-state index is -0.396. The Bertz CT molecular complexity index is 361. The predicted molar refractivity (Wildman–Crippen MR) is 60.0 cm³/mol. The van der Waals surface area contributed by atoms with Crippen LogP contribution in [0.4, 0.5) is 8.78 Å². The molecule has 88 valence electrons. The summed E-state index contributed by atoms with van der Waals surface area (Å²) in [6.45, 7) is 0. The molecule has 1 unspecified atom stereocenters. The van der Waals surface area contributed by atoms with Gasteiger partial charge in [-0.15, -0.1) is 0 Å². The summed E-state index contributed by atoms with van der Waals surface area (Å²) in [6, 6.07) is 3.49. The zero-order chi connectivity index (χ0) is 11.5. The molecule has 0 heterocycles. The Balaban J connectivity index is 1.93. The van der Waals surface area contributed by atoms with E-state index in [4.69, 9.17) is 5.73 Å². The smallest absolute Gasteiger partial charge is 0.126 e. The van der Waals surface area contributed by atoms with E-state index in [1.54, 1.807) is 0 Å². The molecule has 2 rings (SSSR count). The zero-order valence-electron chi connectivity index (χ0n) is 9.26. The van der Waals surface area contributed by atoms with Gasteiger partial charge in [-0.25, -0.2) is 8.78 Å². The van der Waals surface area contributed by atoms with E-state index in [1.165, 1.54) is 31.4 Å². The number of halogens is 2. The predicted octanol–water partition coefficient (Wildman–Crippen LogP) is 3.02. The average molecular weight is 225 g/mol. The Hall–Kier alpha value is -0.960. The normalized spacial score (nSPS) is 18.2. The molecular weight excluding hydrogens is 208 g/mol. The molecule has 16 heavy (non-hydrogen) atoms. The summed E-state index contributed by atoms with van der Waals surface area (Å²) in [6.07, 6.45) is 5.11. The SMILES string of the molecule is NC(Cc1cc(F)ccc1F)CC1CCC1. The van der Waals surface area contributed by atoms with Gasteiger partial charge in [-0.1, -0.05) is 19.3 Å². The van der Waals surface area contributed by atoms with Gasteiger partial charge in [0, 0.05) is 6.04 Å². The van der Waals surface area contributed by atoms with Gasteiger partial charge in [0.2, 0.25) is 0 Å². The van der Waals surface area contributed by atoms with Gasteiger partial charge >= 0.3 is 0 Å². The van der Waals surface area contributed by atoms with Crippen LogP contribution in [0.2, 0.25) is 0 Å². The highest BCUT2D eigenvalue weighted by atomic mass is 19.1. The molecule has 0 amide bonds. The van der Waals surface area contributed by atoms with E-state index in [1.807, 2.05) is 0 Å². The monoisotopic (exact) mass is 225 g/mol. The lowest BCUT2D eigenvalue weighted by molar-refractivity contribution is 0.275. The van der Waals surface area contributed by atoms with Crippen molar-refractivity contribution >= 4 is 0 Å². The molecule has 0 saturated heterocycles. The van der Waals surface area contributed by atoms with Crippen LogP contribution in [0.25, 0.3) is 0 Å². The Morgan fingerprint density at radius 2 is 2.06 bits per heavy atom. The van der Waals surface area contributed by atoms with E-state index in [0.29, 0.717) is 17.9 Å². The number of nitrogens with two attached hydrogens (primary N) is 1. The minimum absolute atomic E-state index is 0.0541. The van der Waals surface area contributed by atoms with Gasteiger partial charge < -0.3 is 5.73 Å². The maximum Gasteiger partial charge on any atom is 0.126 e. The summed E-state index contributed by atoms with van der Waals surface area (Å²) in [5.41, 5.74) is 6.34. The van der Waals surface area contributed by atoms with Gasteiger partial charge in [0.1, 0.15) is 11.6 Å². The molecule has 2 N–H and O–H groups in total. The molecular formula is C13H17F2N. The molecule has 1 saturated carbocycles. The number of benzene rings is 1. The summed E-state index contributed by atoms with van der Waals surface area (Å²) in [7, 11) is 0. The van der Waals surface area contributed by atoms with E-state index in [0.717, 1.165) is 12.5 Å². The standard InChI is InChI=1S/C13H17F2N/c14-11-4-5-13(15)10(7-11)8-12(16)6-9-2-1-3-9/h4-5,7,9,12H,1-3,6,8,16H2. The fraction of sp³-hybridized carbons (Fsp3) is 0.538. The number of hydrogen-bond donors (Lipinski definition) is 1. The Morgan fingerprint density at radius 1 is 1.31 bits per heavy atom. The van der Waals surface area contributed by atoms with Crippen LogP contribution in [0.3, 0.4) is 0 Å². The van der Waals surface area contributed by atoms with Crippen molar-refractivity contribution in [3.63, 3.8) is 0 Å². The van der Waals surface area contributed by atoms with Crippen molar-refractivity contribution < 1.29 is 8.78 Å². The van der Waals surface area contributed by atoms with Crippen LogP contribution >= 0.6 is 0 Å². The lowest BCUT2D eigenvalue weighted by atomic mass is 9.80. The van der Waals surface area contributed by atoms with Crippen LogP contribution < -0.4 is 5.73 Å². The van der Waals surface area contributed by atoms with Gasteiger partial charge in [-0.3, -0.25) is 0 Å². The van der Waals surface area contributed by atoms with Crippen molar-refractivity contribution in [2.75, 3.05) is 0 Å². The second kappa shape index (κ2) is 4.91. The lowest BCUT2D eigenvalue weighted by Gasteiger charge is -2.28. The van der Waals surface area contributed by atoms with Gasteiger partial charge in [0.25, 0.3) is 0 Å². The van der Waals surface area contributed by atoms with Gasteiger partial charge in [0.15, 0.2) is 0 Å². The summed E-state index contributed by atoms with van der Waals surface area (Å²) in [5, 5.41) is 0. The molecule has 1 atom stereocenters. The molecule has 1 aliphatic rings. The highest BCUT2D eigenvalue weighted by molar-refractivity contribution is 5.19. The van der Waals surface area contributed by atoms with Crippen molar-refractivity contribution in [3.05, 3.63) is 35.4 Å². The second-order valence-electron chi connectivity index (χ2n) is 4.73. The first kappa shape index (κ1) is 11.5. The Kier molecular flexibility index (Phi) is 3.54.